The molecule has 96 valence electrons. The van der Waals surface area contributed by atoms with Crippen molar-refractivity contribution in [1.29, 1.82) is 0 Å². The lowest BCUT2D eigenvalue weighted by atomic mass is 10.2. The molecule has 0 fully saturated rings. The Kier molecular flexibility index (Phi) is 4.33. The summed E-state index contributed by atoms with van der Waals surface area (Å²) in [5.41, 5.74) is -0.937. The van der Waals surface area contributed by atoms with E-state index in [-0.39, 0.29) is 9.45 Å². The van der Waals surface area contributed by atoms with Crippen LogP contribution in [0.3, 0.4) is 0 Å². The fourth-order valence-electron chi connectivity index (χ4n) is 0.985. The predicted molar refractivity (Wildman–Crippen MR) is 55.1 cm³/mol. The number of halogens is 6. The van der Waals surface area contributed by atoms with Crippen LogP contribution in [0.4, 0.5) is 22.0 Å². The molecule has 0 aliphatic rings. The molecule has 0 spiro atoms. The highest BCUT2D eigenvalue weighted by Gasteiger charge is 2.35. The Labute approximate surface area is 106 Å². The highest BCUT2D eigenvalue weighted by Crippen LogP contribution is 2.39. The summed E-state index contributed by atoms with van der Waals surface area (Å²) >= 11 is 1.39. The minimum absolute atomic E-state index is 0.214. The molecule has 0 aliphatic carbocycles. The molecule has 0 saturated heterocycles. The van der Waals surface area contributed by atoms with Gasteiger partial charge >= 0.3 is 6.36 Å². The minimum atomic E-state index is -5.06. The smallest absolute Gasteiger partial charge is 0.480 e. The molecule has 0 aromatic carbocycles. The van der Waals surface area contributed by atoms with Crippen molar-refractivity contribution in [1.82, 2.24) is 4.98 Å². The Morgan fingerprint density at radius 3 is 2.35 bits per heavy atom. The third-order valence-electron chi connectivity index (χ3n) is 1.62. The molecule has 17 heavy (non-hydrogen) atoms. The Balaban J connectivity index is 3.30. The van der Waals surface area contributed by atoms with Crippen LogP contribution in [0.15, 0.2) is 6.20 Å². The summed E-state index contributed by atoms with van der Waals surface area (Å²) < 4.78 is 69.1. The van der Waals surface area contributed by atoms with Gasteiger partial charge in [-0.1, -0.05) is 0 Å². The van der Waals surface area contributed by atoms with E-state index in [2.05, 4.69) is 14.5 Å². The molecular weight excluding hydrogens is 364 g/mol. The molecule has 0 N–H and O–H groups in total. The lowest BCUT2D eigenvalue weighted by molar-refractivity contribution is -0.275. The number of pyridine rings is 1. The molecular formula is C8H5F5INO2. The average molecular weight is 369 g/mol. The molecule has 3 nitrogen and oxygen atoms in total. The number of alkyl halides is 5. The second kappa shape index (κ2) is 5.19. The molecule has 0 radical (unpaired) electrons. The van der Waals surface area contributed by atoms with Crippen LogP contribution >= 0.6 is 22.6 Å². The van der Waals surface area contributed by atoms with E-state index in [9.17, 15) is 22.0 Å². The van der Waals surface area contributed by atoms with E-state index in [0.29, 0.717) is 6.20 Å². The first-order chi connectivity index (χ1) is 7.76. The van der Waals surface area contributed by atoms with Crippen LogP contribution in [0, 0.1) is 3.57 Å². The molecule has 0 saturated carbocycles. The summed E-state index contributed by atoms with van der Waals surface area (Å²) in [5.74, 6) is -1.20. The first kappa shape index (κ1) is 14.2. The molecule has 9 heteroatoms. The zero-order valence-corrected chi connectivity index (χ0v) is 10.3. The normalized spacial score (nSPS) is 11.8. The van der Waals surface area contributed by atoms with Crippen molar-refractivity contribution < 1.29 is 31.4 Å². The van der Waals surface area contributed by atoms with Crippen LogP contribution in [-0.4, -0.2) is 18.5 Å². The van der Waals surface area contributed by atoms with Crippen LogP contribution < -0.4 is 9.47 Å². The molecule has 0 unspecified atom stereocenters. The lowest BCUT2D eigenvalue weighted by Gasteiger charge is -2.15. The first-order valence-corrected chi connectivity index (χ1v) is 5.10. The molecule has 1 rings (SSSR count). The summed E-state index contributed by atoms with van der Waals surface area (Å²) in [6.45, 7) is 0. The van der Waals surface area contributed by atoms with Crippen molar-refractivity contribution in [2.45, 2.75) is 12.8 Å². The SMILES string of the molecule is COc1ncc(C(F)F)c(OC(F)(F)F)c1I. The zero-order chi connectivity index (χ0) is 13.2. The van der Waals surface area contributed by atoms with Gasteiger partial charge in [-0.3, -0.25) is 0 Å². The summed E-state index contributed by atoms with van der Waals surface area (Å²) in [5, 5.41) is 0. The fraction of sp³-hybridized carbons (Fsp3) is 0.375. The first-order valence-electron chi connectivity index (χ1n) is 4.02. The number of nitrogens with zero attached hydrogens (tertiary/aromatic N) is 1. The van der Waals surface area contributed by atoms with Gasteiger partial charge in [-0.05, 0) is 22.6 Å². The van der Waals surface area contributed by atoms with Crippen LogP contribution in [-0.2, 0) is 0 Å². The molecule has 0 amide bonds. The van der Waals surface area contributed by atoms with Gasteiger partial charge < -0.3 is 9.47 Å². The Hall–Kier alpha value is -0.870. The van der Waals surface area contributed by atoms with E-state index in [1.807, 2.05) is 0 Å². The molecule has 0 atom stereocenters. The highest BCUT2D eigenvalue weighted by molar-refractivity contribution is 14.1. The predicted octanol–water partition coefficient (Wildman–Crippen LogP) is 3.53. The average Bonchev–Trinajstić information content (AvgIpc) is 2.18. The molecule has 1 aromatic rings. The van der Waals surface area contributed by atoms with Crippen molar-refractivity contribution in [2.24, 2.45) is 0 Å². The van der Waals surface area contributed by atoms with Crippen molar-refractivity contribution in [2.75, 3.05) is 7.11 Å². The number of ether oxygens (including phenoxy) is 2. The third kappa shape index (κ3) is 3.54. The van der Waals surface area contributed by atoms with Gasteiger partial charge in [0, 0.05) is 6.20 Å². The Bertz CT molecular complexity index is 410. The van der Waals surface area contributed by atoms with Crippen LogP contribution in [0.2, 0.25) is 0 Å². The Morgan fingerprint density at radius 2 is 1.94 bits per heavy atom. The summed E-state index contributed by atoms with van der Waals surface area (Å²) in [4.78, 5) is 3.45. The van der Waals surface area contributed by atoms with Crippen LogP contribution in [0.1, 0.15) is 12.0 Å². The summed E-state index contributed by atoms with van der Waals surface area (Å²) in [6.07, 6.45) is -7.60. The standard InChI is InChI=1S/C8H5F5INO2/c1-16-7-4(14)5(17-8(11,12)13)3(2-15-7)6(9)10/h2,6H,1H3. The van der Waals surface area contributed by atoms with Gasteiger partial charge in [0.2, 0.25) is 5.88 Å². The molecule has 0 bridgehead atoms. The second-order valence-electron chi connectivity index (χ2n) is 2.71. The van der Waals surface area contributed by atoms with E-state index in [4.69, 9.17) is 0 Å². The van der Waals surface area contributed by atoms with Gasteiger partial charge in [-0.15, -0.1) is 13.2 Å². The molecule has 1 heterocycles. The summed E-state index contributed by atoms with van der Waals surface area (Å²) in [6, 6.07) is 0. The van der Waals surface area contributed by atoms with Crippen molar-refractivity contribution in [3.8, 4) is 11.6 Å². The molecule has 0 aliphatic heterocycles. The maximum absolute atomic E-state index is 12.5. The van der Waals surface area contributed by atoms with Gasteiger partial charge in [0.15, 0.2) is 5.75 Å². The monoisotopic (exact) mass is 369 g/mol. The van der Waals surface area contributed by atoms with Crippen molar-refractivity contribution in [3.63, 3.8) is 0 Å². The van der Waals surface area contributed by atoms with E-state index >= 15 is 0 Å². The highest BCUT2D eigenvalue weighted by atomic mass is 127. The lowest BCUT2D eigenvalue weighted by Crippen LogP contribution is -2.19. The van der Waals surface area contributed by atoms with Gasteiger partial charge in [0.1, 0.15) is 3.57 Å². The number of methoxy groups -OCH3 is 1. The van der Waals surface area contributed by atoms with Gasteiger partial charge in [0.05, 0.1) is 12.7 Å². The number of hydrogen-bond donors (Lipinski definition) is 0. The van der Waals surface area contributed by atoms with Crippen molar-refractivity contribution in [3.05, 3.63) is 15.3 Å². The van der Waals surface area contributed by atoms with E-state index in [1.54, 1.807) is 0 Å². The van der Waals surface area contributed by atoms with E-state index < -0.39 is 24.1 Å². The molecule has 1 aromatic heterocycles. The van der Waals surface area contributed by atoms with Crippen molar-refractivity contribution >= 4 is 22.6 Å². The number of rotatable bonds is 3. The maximum Gasteiger partial charge on any atom is 0.573 e. The largest absolute Gasteiger partial charge is 0.573 e. The Morgan fingerprint density at radius 1 is 1.35 bits per heavy atom. The maximum atomic E-state index is 12.5. The van der Waals surface area contributed by atoms with E-state index in [1.165, 1.54) is 22.6 Å². The minimum Gasteiger partial charge on any atom is -0.480 e. The van der Waals surface area contributed by atoms with Gasteiger partial charge in [-0.25, -0.2) is 13.8 Å². The van der Waals surface area contributed by atoms with Crippen LogP contribution in [0.5, 0.6) is 11.6 Å². The summed E-state index contributed by atoms with van der Waals surface area (Å²) in [7, 11) is 1.16. The number of aromatic nitrogens is 1. The fourth-order valence-corrected chi connectivity index (χ4v) is 1.77. The third-order valence-corrected chi connectivity index (χ3v) is 2.57. The number of hydrogen-bond acceptors (Lipinski definition) is 3. The topological polar surface area (TPSA) is 31.4 Å². The van der Waals surface area contributed by atoms with Gasteiger partial charge in [-0.2, -0.15) is 0 Å². The van der Waals surface area contributed by atoms with Gasteiger partial charge in [0.25, 0.3) is 6.43 Å². The van der Waals surface area contributed by atoms with E-state index in [0.717, 1.165) is 7.11 Å². The second-order valence-corrected chi connectivity index (χ2v) is 3.79. The zero-order valence-electron chi connectivity index (χ0n) is 8.19. The quantitative estimate of drug-likeness (QED) is 0.604. The van der Waals surface area contributed by atoms with Crippen LogP contribution in [0.25, 0.3) is 0 Å².